The molecule has 1 saturated carbocycles. The average Bonchev–Trinajstić information content (AvgIpc) is 3.06. The van der Waals surface area contributed by atoms with Crippen LogP contribution in [-0.2, 0) is 10.0 Å². The number of anilines is 2. The van der Waals surface area contributed by atoms with Crippen molar-refractivity contribution in [2.45, 2.75) is 45.6 Å². The molecule has 0 bridgehead atoms. The highest BCUT2D eigenvalue weighted by molar-refractivity contribution is 7.92. The van der Waals surface area contributed by atoms with Crippen LogP contribution in [0.3, 0.4) is 0 Å². The number of hydrogen-bond donors (Lipinski definition) is 2. The lowest BCUT2D eigenvalue weighted by atomic mass is 9.92. The van der Waals surface area contributed by atoms with Crippen LogP contribution in [0.15, 0.2) is 54.9 Å². The Bertz CT molecular complexity index is 1480. The summed E-state index contributed by atoms with van der Waals surface area (Å²) in [6, 6.07) is 13.7. The SMILES string of the molecule is CCCS(=O)(=O)Nc1ccc(-c2c(N)c3ccc(Oc4nccnc4C)cc3n2C2CCC2)cc1. The Balaban J connectivity index is 1.55. The van der Waals surface area contributed by atoms with Crippen LogP contribution >= 0.6 is 0 Å². The molecule has 5 rings (SSSR count). The summed E-state index contributed by atoms with van der Waals surface area (Å²) in [5, 5.41) is 0.961. The van der Waals surface area contributed by atoms with Gasteiger partial charge in [0.05, 0.1) is 28.3 Å². The van der Waals surface area contributed by atoms with Crippen molar-refractivity contribution in [1.82, 2.24) is 14.5 Å². The Morgan fingerprint density at radius 3 is 2.51 bits per heavy atom. The first-order valence-corrected chi connectivity index (χ1v) is 13.5. The zero-order chi connectivity index (χ0) is 24.6. The van der Waals surface area contributed by atoms with Crippen molar-refractivity contribution in [3.63, 3.8) is 0 Å². The first-order chi connectivity index (χ1) is 16.9. The maximum Gasteiger partial charge on any atom is 0.240 e. The van der Waals surface area contributed by atoms with E-state index in [-0.39, 0.29) is 5.75 Å². The smallest absolute Gasteiger partial charge is 0.240 e. The highest BCUT2D eigenvalue weighted by Gasteiger charge is 2.27. The van der Waals surface area contributed by atoms with E-state index >= 15 is 0 Å². The maximum atomic E-state index is 12.1. The van der Waals surface area contributed by atoms with E-state index in [0.29, 0.717) is 35.5 Å². The molecule has 1 aliphatic carbocycles. The van der Waals surface area contributed by atoms with Crippen molar-refractivity contribution < 1.29 is 13.2 Å². The number of hydrogen-bond acceptors (Lipinski definition) is 6. The summed E-state index contributed by atoms with van der Waals surface area (Å²) in [4.78, 5) is 8.54. The Kier molecular flexibility index (Phi) is 6.10. The lowest BCUT2D eigenvalue weighted by Crippen LogP contribution is -2.18. The van der Waals surface area contributed by atoms with Gasteiger partial charge in [0.15, 0.2) is 0 Å². The van der Waals surface area contributed by atoms with E-state index in [1.165, 1.54) is 6.42 Å². The van der Waals surface area contributed by atoms with Crippen LogP contribution < -0.4 is 15.2 Å². The number of nitrogens with zero attached hydrogens (tertiary/aromatic N) is 3. The number of aromatic nitrogens is 3. The van der Waals surface area contributed by atoms with Crippen molar-refractivity contribution in [2.75, 3.05) is 16.2 Å². The van der Waals surface area contributed by atoms with Crippen molar-refractivity contribution in [3.05, 3.63) is 60.6 Å². The lowest BCUT2D eigenvalue weighted by Gasteiger charge is -2.30. The van der Waals surface area contributed by atoms with E-state index < -0.39 is 10.0 Å². The molecule has 1 fully saturated rings. The molecule has 8 nitrogen and oxygen atoms in total. The summed E-state index contributed by atoms with van der Waals surface area (Å²) in [5.41, 5.74) is 11.6. The van der Waals surface area contributed by atoms with Crippen molar-refractivity contribution >= 4 is 32.3 Å². The number of benzene rings is 2. The lowest BCUT2D eigenvalue weighted by molar-refractivity contribution is 0.324. The van der Waals surface area contributed by atoms with Crippen molar-refractivity contribution in [3.8, 4) is 22.9 Å². The summed E-state index contributed by atoms with van der Waals surface area (Å²) >= 11 is 0. The van der Waals surface area contributed by atoms with E-state index in [0.717, 1.165) is 40.7 Å². The number of nitrogen functional groups attached to an aromatic ring is 1. The number of nitrogens with one attached hydrogen (secondary N) is 1. The van der Waals surface area contributed by atoms with Crippen LogP contribution in [0.1, 0.15) is 44.3 Å². The van der Waals surface area contributed by atoms with Gasteiger partial charge >= 0.3 is 0 Å². The van der Waals surface area contributed by atoms with Gasteiger partial charge < -0.3 is 15.0 Å². The maximum absolute atomic E-state index is 12.1. The second kappa shape index (κ2) is 9.22. The quantitative estimate of drug-likeness (QED) is 0.329. The third kappa shape index (κ3) is 4.55. The number of rotatable bonds is 8. The fraction of sp³-hybridized carbons (Fsp3) is 0.308. The molecular formula is C26H29N5O3S. The molecule has 0 saturated heterocycles. The molecule has 1 aliphatic rings. The van der Waals surface area contributed by atoms with Gasteiger partial charge in [-0.3, -0.25) is 9.71 Å². The number of aryl methyl sites for hydroxylation is 1. The molecule has 4 aromatic rings. The molecule has 2 heterocycles. The van der Waals surface area contributed by atoms with Gasteiger partial charge in [0.2, 0.25) is 15.9 Å². The standard InChI is InChI=1S/C26H29N5O3S/c1-3-15-35(32,33)30-19-9-7-18(8-10-19)25-24(27)22-12-11-21(34-26-17(2)28-13-14-29-26)16-23(22)31(25)20-5-4-6-20/h7-14,16,20,30H,3-6,15,27H2,1-2H3. The first-order valence-electron chi connectivity index (χ1n) is 11.9. The fourth-order valence-corrected chi connectivity index (χ4v) is 5.64. The molecule has 0 radical (unpaired) electrons. The Hall–Kier alpha value is -3.59. The predicted molar refractivity (Wildman–Crippen MR) is 139 cm³/mol. The molecule has 182 valence electrons. The van der Waals surface area contributed by atoms with Gasteiger partial charge in [0, 0.05) is 41.1 Å². The molecule has 9 heteroatoms. The Labute approximate surface area is 205 Å². The Morgan fingerprint density at radius 1 is 1.11 bits per heavy atom. The summed E-state index contributed by atoms with van der Waals surface area (Å²) < 4.78 is 35.3. The van der Waals surface area contributed by atoms with E-state index in [1.807, 2.05) is 44.2 Å². The summed E-state index contributed by atoms with van der Waals surface area (Å²) in [7, 11) is -3.34. The summed E-state index contributed by atoms with van der Waals surface area (Å²) in [6.07, 6.45) is 7.16. The number of fused-ring (bicyclic) bond motifs is 1. The minimum Gasteiger partial charge on any atom is -0.437 e. The highest BCUT2D eigenvalue weighted by Crippen LogP contribution is 2.45. The van der Waals surface area contributed by atoms with E-state index in [2.05, 4.69) is 19.3 Å². The van der Waals surface area contributed by atoms with Gasteiger partial charge in [-0.1, -0.05) is 19.1 Å². The third-order valence-electron chi connectivity index (χ3n) is 6.41. The van der Waals surface area contributed by atoms with Gasteiger partial charge in [-0.15, -0.1) is 0 Å². The minimum absolute atomic E-state index is 0.0934. The van der Waals surface area contributed by atoms with E-state index in [9.17, 15) is 8.42 Å². The van der Waals surface area contributed by atoms with Crippen molar-refractivity contribution in [2.24, 2.45) is 0 Å². The first kappa shape index (κ1) is 23.2. The number of ether oxygens (including phenoxy) is 1. The van der Waals surface area contributed by atoms with Crippen LogP contribution in [0, 0.1) is 6.92 Å². The van der Waals surface area contributed by atoms with Crippen LogP contribution in [0.2, 0.25) is 0 Å². The van der Waals surface area contributed by atoms with Crippen LogP contribution in [0.25, 0.3) is 22.2 Å². The van der Waals surface area contributed by atoms with Crippen LogP contribution in [-0.4, -0.2) is 28.7 Å². The monoisotopic (exact) mass is 491 g/mol. The summed E-state index contributed by atoms with van der Waals surface area (Å²) in [5.74, 6) is 1.24. The van der Waals surface area contributed by atoms with E-state index in [1.54, 1.807) is 24.5 Å². The minimum atomic E-state index is -3.34. The fourth-order valence-electron chi connectivity index (χ4n) is 4.50. The van der Waals surface area contributed by atoms with Crippen LogP contribution in [0.4, 0.5) is 11.4 Å². The molecule has 0 spiro atoms. The molecule has 0 atom stereocenters. The predicted octanol–water partition coefficient (Wildman–Crippen LogP) is 5.66. The average molecular weight is 492 g/mol. The number of sulfonamides is 1. The Morgan fingerprint density at radius 2 is 1.86 bits per heavy atom. The molecule has 2 aromatic heterocycles. The highest BCUT2D eigenvalue weighted by atomic mass is 32.2. The molecule has 2 aromatic carbocycles. The number of nitrogens with two attached hydrogens (primary N) is 1. The zero-order valence-electron chi connectivity index (χ0n) is 19.9. The topological polar surface area (TPSA) is 112 Å². The third-order valence-corrected chi connectivity index (χ3v) is 7.90. The van der Waals surface area contributed by atoms with Gasteiger partial charge in [-0.2, -0.15) is 0 Å². The van der Waals surface area contributed by atoms with E-state index in [4.69, 9.17) is 10.5 Å². The molecular weight excluding hydrogens is 462 g/mol. The van der Waals surface area contributed by atoms with Gasteiger partial charge in [0.25, 0.3) is 0 Å². The molecule has 0 amide bonds. The zero-order valence-corrected chi connectivity index (χ0v) is 20.7. The van der Waals surface area contributed by atoms with Crippen LogP contribution in [0.5, 0.6) is 11.6 Å². The molecule has 3 N–H and O–H groups in total. The molecule has 0 unspecified atom stereocenters. The normalized spacial score (nSPS) is 14.1. The second-order valence-corrected chi connectivity index (χ2v) is 10.8. The second-order valence-electron chi connectivity index (χ2n) is 8.94. The largest absolute Gasteiger partial charge is 0.437 e. The molecule has 0 aliphatic heterocycles. The molecule has 35 heavy (non-hydrogen) atoms. The van der Waals surface area contributed by atoms with Crippen molar-refractivity contribution in [1.29, 1.82) is 0 Å². The van der Waals surface area contributed by atoms with Gasteiger partial charge in [0.1, 0.15) is 5.75 Å². The van der Waals surface area contributed by atoms with Gasteiger partial charge in [-0.05, 0) is 56.9 Å². The van der Waals surface area contributed by atoms with Gasteiger partial charge in [-0.25, -0.2) is 13.4 Å². The summed E-state index contributed by atoms with van der Waals surface area (Å²) in [6.45, 7) is 3.70.